The summed E-state index contributed by atoms with van der Waals surface area (Å²) in [6.45, 7) is 10.1. The van der Waals surface area contributed by atoms with Crippen LogP contribution in [0, 0.1) is 17.8 Å². The number of nitrogens with zero attached hydrogens (tertiary/aromatic N) is 7. The van der Waals surface area contributed by atoms with Gasteiger partial charge in [-0.15, -0.1) is 11.8 Å². The molecule has 20 N–H and O–H groups in total. The molecular weight excluding hydrogens is 1700 g/mol. The number of unbranched alkanes of at least 4 members (excludes halogenated alkanes) is 2. The van der Waals surface area contributed by atoms with Crippen LogP contribution in [0.15, 0.2) is 79.0 Å². The van der Waals surface area contributed by atoms with Crippen molar-refractivity contribution in [2.24, 2.45) is 40.7 Å². The Labute approximate surface area is 758 Å². The number of phenols is 1. The number of fused-ring (bicyclic) bond motifs is 4. The van der Waals surface area contributed by atoms with Crippen molar-refractivity contribution in [3.05, 3.63) is 95.8 Å². The number of para-hydroxylation sites is 2. The summed E-state index contributed by atoms with van der Waals surface area (Å²) in [6, 6.07) is -0.0153. The first kappa shape index (κ1) is 103. The van der Waals surface area contributed by atoms with Gasteiger partial charge in [0.15, 0.2) is 5.78 Å². The minimum atomic E-state index is -1.75. The molecule has 5 aromatic rings. The maximum atomic E-state index is 15.9. The zero-order valence-corrected chi connectivity index (χ0v) is 76.2. The van der Waals surface area contributed by atoms with Crippen molar-refractivity contribution in [2.45, 2.75) is 249 Å². The highest BCUT2D eigenvalue weighted by atomic mass is 32.2. The van der Waals surface area contributed by atoms with E-state index in [1.165, 1.54) is 61.9 Å². The van der Waals surface area contributed by atoms with Crippen LogP contribution < -0.4 is 65.5 Å². The number of aliphatic carboxylic acids is 1. The Hall–Kier alpha value is -12.1. The number of aromatic hydroxyl groups is 1. The molecule has 0 radical (unpaired) electrons. The quantitative estimate of drug-likeness (QED) is 0.0357. The highest BCUT2D eigenvalue weighted by Crippen LogP contribution is 2.30. The van der Waals surface area contributed by atoms with E-state index in [4.69, 9.17) is 22.9 Å². The number of ketones is 1. The van der Waals surface area contributed by atoms with Crippen molar-refractivity contribution in [3.8, 4) is 5.75 Å². The minimum absolute atomic E-state index is 0.000122. The number of hydrogen-bond donors (Lipinski definition) is 16. The van der Waals surface area contributed by atoms with Gasteiger partial charge in [-0.05, 0) is 112 Å². The van der Waals surface area contributed by atoms with Crippen LogP contribution in [-0.2, 0) is 107 Å². The Morgan fingerprint density at radius 2 is 1.15 bits per heavy atom. The Kier molecular flexibility index (Phi) is 38.5. The number of benzene rings is 3. The number of nitrogens with two attached hydrogens (primary N) is 4. The number of likely N-dealkylation sites (N-methyl/N-ethyl adjacent to an activating group) is 3. The molecule has 15 amide bonds. The number of H-pyrrole nitrogens is 1. The normalized spacial score (nSPS) is 25.5. The zero-order chi connectivity index (χ0) is 95.7. The molecule has 3 saturated heterocycles. The summed E-state index contributed by atoms with van der Waals surface area (Å²) in [5, 5.41) is 58.8. The Bertz CT molecular complexity index is 4890. The summed E-state index contributed by atoms with van der Waals surface area (Å²) in [4.78, 5) is 257. The van der Waals surface area contributed by atoms with Crippen LogP contribution in [0.3, 0.4) is 0 Å². The fourth-order valence-corrected chi connectivity index (χ4v) is 17.5. The van der Waals surface area contributed by atoms with Gasteiger partial charge in [0.05, 0.1) is 35.5 Å². The number of primary amides is 2. The molecule has 0 saturated carbocycles. The van der Waals surface area contributed by atoms with Crippen molar-refractivity contribution >= 4 is 134 Å². The first-order valence-corrected chi connectivity index (χ1v) is 45.4. The first-order chi connectivity index (χ1) is 61.7. The zero-order valence-electron chi connectivity index (χ0n) is 75.4. The number of Topliss-reactive ketones (excluding diaryl/α,β-unsaturated/α-hetero) is 1. The number of rotatable bonds is 24. The van der Waals surface area contributed by atoms with E-state index in [0.717, 1.165) is 31.4 Å². The number of nitrogens with one attached hydrogen (secondary N) is 9. The molecule has 3 aliphatic heterocycles. The van der Waals surface area contributed by atoms with Crippen LogP contribution in [0.1, 0.15) is 155 Å². The lowest BCUT2D eigenvalue weighted by Crippen LogP contribution is -2.61. The summed E-state index contributed by atoms with van der Waals surface area (Å²) in [5.74, 6) is -18.4. The molecule has 710 valence electrons. The molecule has 130 heavy (non-hydrogen) atoms. The second-order valence-corrected chi connectivity index (χ2v) is 35.7. The molecule has 2 aromatic heterocycles. The van der Waals surface area contributed by atoms with Crippen LogP contribution in [0.5, 0.6) is 5.75 Å². The van der Waals surface area contributed by atoms with Crippen molar-refractivity contribution in [3.63, 3.8) is 0 Å². The number of phenolic OH excluding ortho intramolecular Hbond substituents is 1. The first-order valence-electron chi connectivity index (χ1n) is 44.3. The average molecular weight is 1830 g/mol. The molecule has 8 rings (SSSR count). The predicted molar refractivity (Wildman–Crippen MR) is 481 cm³/mol. The van der Waals surface area contributed by atoms with E-state index < -0.39 is 236 Å². The van der Waals surface area contributed by atoms with E-state index in [2.05, 4.69) is 52.6 Å². The molecular formula is C89H128N20O20S. The van der Waals surface area contributed by atoms with Gasteiger partial charge in [0.25, 0.3) is 0 Å². The van der Waals surface area contributed by atoms with Crippen molar-refractivity contribution < 1.29 is 96.8 Å². The lowest BCUT2D eigenvalue weighted by atomic mass is 9.90. The lowest BCUT2D eigenvalue weighted by molar-refractivity contribution is -0.149. The molecule has 0 bridgehead atoms. The minimum Gasteiger partial charge on any atom is -0.508 e. The third kappa shape index (κ3) is 28.0. The number of carboxylic acid groups (broad SMARTS) is 1. The molecule has 0 aliphatic carbocycles. The Morgan fingerprint density at radius 1 is 0.577 bits per heavy atom. The molecule has 41 heteroatoms. The number of carboxylic acids is 1. The third-order valence-corrected chi connectivity index (χ3v) is 24.8. The molecule has 3 aromatic carbocycles. The largest absolute Gasteiger partial charge is 0.508 e. The van der Waals surface area contributed by atoms with Gasteiger partial charge in [-0.25, -0.2) is 0 Å². The standard InChI is InChI=1S/C89H128N20O20S/c1-11-13-23-69-83(123)97-61(34-48(3)4)81(121)102-67(77(93)117)46-130-47-75(114)95-63(36-51-27-29-54(110)30-28-51)85(125)104(8)50(7)78(118)98-65(41-74(92)113)87(127)107-33-19-26-70(107)84(124)101-66(42-91)82(122)99-62(35-49(5)6)88(128)108-44-55(111)39-72(108)73(112)38-52(37-53-43-94-58-22-17-15-20-56(53)58)79(119)96-59(31-32-90)80(120)100-64(86(126)106(10)71(24-14-12-2)89(129)105(69)9)40-60-57-21-16-18-25-68(57)109(103-60)45-76(115)116/h15-18,20-22,25,27-30,43,48-50,52,55,59,61-67,69-72,94,110-111H,11-14,19,23-24,26,31-42,44-47,90-91H2,1-10H3,(H2,92,113)(H2,93,117)(H,95,114)(H,96,119)(H,97,123)(H,98,118)(H,99,122)(H,100,120)(H,101,124)(H,102,121)(H,115,116)/t50-,52+,55+,59-,61-,62-,63-,64-,65-,66-,67-,69-,70-,71-,72-/m0/s1. The SMILES string of the molecule is CCCC[C@H]1C(=O)N(C)[C@@H](CCCC)C(=O)N[C@@H](CC(C)C)C(=O)N[C@H](C(N)=O)CSCC(=O)N[C@@H](Cc2ccc(O)cc2)C(=O)N(C)[C@@H](C)C(=O)N[C@@H](CC(N)=O)C(=O)N2CCC[C@H]2C(=O)N[C@@H](CN)C(=O)N[C@@H](CC(C)C)C(=O)N2C[C@H](O)C[C@H]2C(=O)C[C@@H](Cc2c[nH]c3ccccc23)C(=O)N[C@@H](CCN)C(=O)N[C@@H](Cc2nn(CC(=O)O)c3ccccc23)C(=O)N1C. The van der Waals surface area contributed by atoms with Gasteiger partial charge in [0.1, 0.15) is 84.8 Å². The number of aromatic amines is 1. The maximum Gasteiger partial charge on any atom is 0.325 e. The Balaban J connectivity index is 1.19. The van der Waals surface area contributed by atoms with E-state index in [1.54, 1.807) is 82.4 Å². The lowest BCUT2D eigenvalue weighted by Gasteiger charge is -2.36. The van der Waals surface area contributed by atoms with Gasteiger partial charge in [-0.3, -0.25) is 86.2 Å². The summed E-state index contributed by atoms with van der Waals surface area (Å²) in [6.07, 6.45) is -0.691. The van der Waals surface area contributed by atoms with Gasteiger partial charge in [0.2, 0.25) is 88.6 Å². The Morgan fingerprint density at radius 3 is 1.78 bits per heavy atom. The summed E-state index contributed by atoms with van der Waals surface area (Å²) in [7, 11) is 3.95. The van der Waals surface area contributed by atoms with E-state index in [1.807, 2.05) is 13.8 Å². The van der Waals surface area contributed by atoms with Crippen molar-refractivity contribution in [1.82, 2.24) is 81.8 Å². The molecule has 40 nitrogen and oxygen atoms in total. The summed E-state index contributed by atoms with van der Waals surface area (Å²) >= 11 is 0.826. The van der Waals surface area contributed by atoms with Gasteiger partial charge in [0, 0.05) is 101 Å². The van der Waals surface area contributed by atoms with E-state index in [-0.39, 0.29) is 106 Å². The second kappa shape index (κ2) is 48.5. The molecule has 15 atom stereocenters. The highest BCUT2D eigenvalue weighted by molar-refractivity contribution is 8.00. The highest BCUT2D eigenvalue weighted by Gasteiger charge is 2.47. The van der Waals surface area contributed by atoms with Crippen LogP contribution in [-0.4, -0.2) is 298 Å². The summed E-state index contributed by atoms with van der Waals surface area (Å²) < 4.78 is 1.21. The van der Waals surface area contributed by atoms with Gasteiger partial charge in [-0.2, -0.15) is 5.10 Å². The second-order valence-electron chi connectivity index (χ2n) is 34.7. The fraction of sp³-hybridized carbons (Fsp3) is 0.573. The van der Waals surface area contributed by atoms with E-state index in [0.29, 0.717) is 58.6 Å². The monoisotopic (exact) mass is 1830 g/mol. The van der Waals surface area contributed by atoms with Crippen molar-refractivity contribution in [1.29, 1.82) is 0 Å². The molecule has 3 aliphatic rings. The van der Waals surface area contributed by atoms with Gasteiger partial charge >= 0.3 is 5.97 Å². The van der Waals surface area contributed by atoms with E-state index >= 15 is 33.6 Å². The average Bonchev–Trinajstić information content (AvgIpc) is 1.40. The number of aliphatic hydroxyl groups is 1. The van der Waals surface area contributed by atoms with Crippen molar-refractivity contribution in [2.75, 3.05) is 58.8 Å². The number of thioether (sulfide) groups is 1. The summed E-state index contributed by atoms with van der Waals surface area (Å²) in [5.41, 5.74) is 26.2. The van der Waals surface area contributed by atoms with Crippen LogP contribution in [0.4, 0.5) is 0 Å². The number of amides is 15. The molecule has 3 fully saturated rings. The number of carbonyl (C=O) groups is 17. The topological polar surface area (TPSA) is 601 Å². The molecule has 0 unspecified atom stereocenters. The van der Waals surface area contributed by atoms with Crippen LogP contribution in [0.2, 0.25) is 0 Å². The maximum absolute atomic E-state index is 15.9. The molecule has 0 spiro atoms. The smallest absolute Gasteiger partial charge is 0.325 e. The predicted octanol–water partition coefficient (Wildman–Crippen LogP) is -0.869. The fourth-order valence-electron chi connectivity index (χ4n) is 16.6. The van der Waals surface area contributed by atoms with E-state index in [9.17, 15) is 63.3 Å². The van der Waals surface area contributed by atoms with Gasteiger partial charge < -0.3 is 110 Å². The number of carbonyl (C=O) groups excluding carboxylic acids is 16. The third-order valence-electron chi connectivity index (χ3n) is 23.8. The van der Waals surface area contributed by atoms with Crippen LogP contribution in [0.25, 0.3) is 21.8 Å². The number of hydrogen-bond acceptors (Lipinski definition) is 23. The molecule has 5 heterocycles. The number of aromatic nitrogens is 3. The number of aliphatic hydroxyl groups excluding tert-OH is 1. The van der Waals surface area contributed by atoms with Gasteiger partial charge in [-0.1, -0.05) is 116 Å². The van der Waals surface area contributed by atoms with Crippen LogP contribution >= 0.6 is 11.8 Å².